The molecule has 0 radical (unpaired) electrons. The van der Waals surface area contributed by atoms with E-state index in [0.29, 0.717) is 28.7 Å². The van der Waals surface area contributed by atoms with Crippen molar-refractivity contribution in [2.45, 2.75) is 26.8 Å². The fourth-order valence-corrected chi connectivity index (χ4v) is 3.84. The zero-order valence-corrected chi connectivity index (χ0v) is 18.7. The van der Waals surface area contributed by atoms with Crippen LogP contribution in [-0.2, 0) is 9.53 Å². The molecule has 162 valence electrons. The molecule has 1 aromatic heterocycles. The zero-order chi connectivity index (χ0) is 22.7. The third-order valence-corrected chi connectivity index (χ3v) is 5.60. The third kappa shape index (κ3) is 4.47. The molecule has 3 aromatic rings. The Morgan fingerprint density at radius 3 is 2.53 bits per heavy atom. The first-order valence-corrected chi connectivity index (χ1v) is 10.9. The van der Waals surface area contributed by atoms with Gasteiger partial charge < -0.3 is 4.74 Å². The van der Waals surface area contributed by atoms with Crippen LogP contribution in [0.2, 0.25) is 0 Å². The van der Waals surface area contributed by atoms with Gasteiger partial charge in [0.05, 0.1) is 29.3 Å². The Kier molecular flexibility index (Phi) is 6.18. The van der Waals surface area contributed by atoms with E-state index >= 15 is 0 Å². The number of hydrogen-bond donors (Lipinski definition) is 0. The molecule has 0 saturated carbocycles. The normalized spacial score (nSPS) is 16.0. The molecule has 2 aromatic carbocycles. The first-order chi connectivity index (χ1) is 15.5. The van der Waals surface area contributed by atoms with Crippen LogP contribution in [0.1, 0.15) is 29.8 Å². The van der Waals surface area contributed by atoms with Crippen molar-refractivity contribution >= 4 is 39.7 Å². The summed E-state index contributed by atoms with van der Waals surface area (Å²) in [5, 5.41) is 16.3. The summed E-state index contributed by atoms with van der Waals surface area (Å²) in [6, 6.07) is 13.7. The van der Waals surface area contributed by atoms with E-state index in [2.05, 4.69) is 20.3 Å². The first-order valence-electron chi connectivity index (χ1n) is 10.1. The summed E-state index contributed by atoms with van der Waals surface area (Å²) in [6.07, 6.45) is 0. The predicted octanol–water partition coefficient (Wildman–Crippen LogP) is 5.17. The van der Waals surface area contributed by atoms with Crippen molar-refractivity contribution in [3.63, 3.8) is 0 Å². The highest BCUT2D eigenvalue weighted by Gasteiger charge is 2.36. The molecule has 1 aliphatic heterocycles. The van der Waals surface area contributed by atoms with Crippen LogP contribution in [0.4, 0.5) is 10.8 Å². The van der Waals surface area contributed by atoms with Gasteiger partial charge in [0.1, 0.15) is 0 Å². The molecule has 32 heavy (non-hydrogen) atoms. The quantitative estimate of drug-likeness (QED) is 0.385. The van der Waals surface area contributed by atoms with Gasteiger partial charge in [-0.25, -0.2) is 9.78 Å². The van der Waals surface area contributed by atoms with E-state index in [1.54, 1.807) is 38.1 Å². The van der Waals surface area contributed by atoms with Crippen molar-refractivity contribution in [1.29, 1.82) is 0 Å². The molecule has 4 rings (SSSR count). The Morgan fingerprint density at radius 2 is 1.84 bits per heavy atom. The molecule has 0 aliphatic carbocycles. The number of amides is 1. The van der Waals surface area contributed by atoms with E-state index in [1.807, 2.05) is 36.6 Å². The van der Waals surface area contributed by atoms with Gasteiger partial charge in [-0.15, -0.1) is 11.3 Å². The van der Waals surface area contributed by atoms with Crippen molar-refractivity contribution < 1.29 is 14.3 Å². The van der Waals surface area contributed by atoms with Crippen molar-refractivity contribution in [2.24, 2.45) is 15.3 Å². The maximum absolute atomic E-state index is 12.9. The number of aromatic nitrogens is 1. The number of benzene rings is 2. The molecule has 0 N–H and O–H groups in total. The van der Waals surface area contributed by atoms with Gasteiger partial charge in [0, 0.05) is 10.9 Å². The molecule has 2 heterocycles. The third-order valence-electron chi connectivity index (χ3n) is 4.78. The van der Waals surface area contributed by atoms with E-state index in [0.717, 1.165) is 11.3 Å². The number of hydrazone groups is 1. The molecule has 8 nitrogen and oxygen atoms in total. The lowest BCUT2D eigenvalue weighted by Crippen LogP contribution is -2.29. The molecule has 0 bridgehead atoms. The van der Waals surface area contributed by atoms with Crippen LogP contribution >= 0.6 is 11.3 Å². The summed E-state index contributed by atoms with van der Waals surface area (Å²) in [6.45, 7) is 5.83. The summed E-state index contributed by atoms with van der Waals surface area (Å²) in [5.74, 6) is -0.701. The van der Waals surface area contributed by atoms with Crippen LogP contribution in [0.3, 0.4) is 0 Å². The van der Waals surface area contributed by atoms with Crippen molar-refractivity contribution in [1.82, 2.24) is 4.98 Å². The number of carbonyl (C=O) groups excluding carboxylic acids is 2. The van der Waals surface area contributed by atoms with Crippen molar-refractivity contribution in [3.05, 3.63) is 65.0 Å². The second-order valence-electron chi connectivity index (χ2n) is 7.16. The lowest BCUT2D eigenvalue weighted by atomic mass is 10.1. The number of aryl methyl sites for hydroxylation is 1. The van der Waals surface area contributed by atoms with E-state index in [-0.39, 0.29) is 5.91 Å². The van der Waals surface area contributed by atoms with Gasteiger partial charge in [-0.2, -0.15) is 20.3 Å². The first kappa shape index (κ1) is 21.5. The Morgan fingerprint density at radius 1 is 1.12 bits per heavy atom. The van der Waals surface area contributed by atoms with Gasteiger partial charge in [0.25, 0.3) is 5.91 Å². The van der Waals surface area contributed by atoms with Crippen LogP contribution < -0.4 is 5.01 Å². The van der Waals surface area contributed by atoms with Crippen LogP contribution in [0, 0.1) is 6.92 Å². The summed E-state index contributed by atoms with van der Waals surface area (Å²) in [4.78, 5) is 29.2. The number of nitrogens with zero attached hydrogens (tertiary/aromatic N) is 5. The van der Waals surface area contributed by atoms with Crippen LogP contribution in [0.15, 0.2) is 69.2 Å². The smallest absolute Gasteiger partial charge is 0.338 e. The number of rotatable bonds is 6. The molecule has 0 fully saturated rings. The zero-order valence-electron chi connectivity index (χ0n) is 17.8. The fourth-order valence-electron chi connectivity index (χ4n) is 3.05. The second kappa shape index (κ2) is 9.19. The number of hydrogen-bond acceptors (Lipinski definition) is 8. The Bertz CT molecular complexity index is 1200. The molecular weight excluding hydrogens is 426 g/mol. The molecule has 0 spiro atoms. The molecule has 0 unspecified atom stereocenters. The van der Waals surface area contributed by atoms with Crippen LogP contribution in [-0.4, -0.2) is 35.2 Å². The van der Waals surface area contributed by atoms with Crippen molar-refractivity contribution in [2.75, 3.05) is 11.6 Å². The van der Waals surface area contributed by atoms with Gasteiger partial charge in [0.15, 0.2) is 6.04 Å². The SMILES string of the molecule is CCOC(=O)c1ccc(N=N[C@@H]2C(=O)N(c3nc(-c4ccc(C)cc4)cs3)N=C2C)cc1. The number of thiazole rings is 1. The highest BCUT2D eigenvalue weighted by atomic mass is 32.1. The van der Waals surface area contributed by atoms with E-state index in [9.17, 15) is 9.59 Å². The van der Waals surface area contributed by atoms with E-state index in [1.165, 1.54) is 21.9 Å². The van der Waals surface area contributed by atoms with E-state index < -0.39 is 12.0 Å². The van der Waals surface area contributed by atoms with Gasteiger partial charge in [-0.1, -0.05) is 29.8 Å². The maximum atomic E-state index is 12.9. The van der Waals surface area contributed by atoms with Crippen molar-refractivity contribution in [3.8, 4) is 11.3 Å². The molecule has 1 aliphatic rings. The monoisotopic (exact) mass is 447 g/mol. The largest absolute Gasteiger partial charge is 0.462 e. The minimum absolute atomic E-state index is 0.306. The van der Waals surface area contributed by atoms with Crippen LogP contribution in [0.25, 0.3) is 11.3 Å². The molecule has 1 atom stereocenters. The summed E-state index contributed by atoms with van der Waals surface area (Å²) in [7, 11) is 0. The fraction of sp³-hybridized carbons (Fsp3) is 0.217. The standard InChI is InChI=1S/C23H21N5O3S/c1-4-31-22(30)17-9-11-18(12-10-17)25-26-20-15(3)27-28(21(20)29)23-24-19(13-32-23)16-7-5-14(2)6-8-16/h5-13,20H,4H2,1-3H3/t20-/m0/s1. The topological polar surface area (TPSA) is 96.6 Å². The number of carbonyl (C=O) groups is 2. The molecule has 1 amide bonds. The predicted molar refractivity (Wildman–Crippen MR) is 124 cm³/mol. The lowest BCUT2D eigenvalue weighted by molar-refractivity contribution is -0.117. The second-order valence-corrected chi connectivity index (χ2v) is 7.99. The number of anilines is 1. The Hall–Kier alpha value is -3.72. The number of azo groups is 1. The highest BCUT2D eigenvalue weighted by Crippen LogP contribution is 2.31. The Balaban J connectivity index is 1.47. The number of ether oxygens (including phenoxy) is 1. The average molecular weight is 448 g/mol. The molecular formula is C23H21N5O3S. The van der Waals surface area contributed by atoms with Gasteiger partial charge >= 0.3 is 5.97 Å². The van der Waals surface area contributed by atoms with Gasteiger partial charge in [-0.3, -0.25) is 4.79 Å². The Labute approximate surface area is 189 Å². The van der Waals surface area contributed by atoms with Gasteiger partial charge in [0.2, 0.25) is 5.13 Å². The molecule has 0 saturated heterocycles. The van der Waals surface area contributed by atoms with Crippen LogP contribution in [0.5, 0.6) is 0 Å². The lowest BCUT2D eigenvalue weighted by Gasteiger charge is -2.08. The van der Waals surface area contributed by atoms with Gasteiger partial charge in [-0.05, 0) is 45.0 Å². The molecule has 9 heteroatoms. The minimum Gasteiger partial charge on any atom is -0.462 e. The highest BCUT2D eigenvalue weighted by molar-refractivity contribution is 7.14. The minimum atomic E-state index is -0.813. The van der Waals surface area contributed by atoms with E-state index in [4.69, 9.17) is 4.74 Å². The summed E-state index contributed by atoms with van der Waals surface area (Å²) < 4.78 is 4.96. The summed E-state index contributed by atoms with van der Waals surface area (Å²) in [5.41, 5.74) is 4.43. The summed E-state index contributed by atoms with van der Waals surface area (Å²) >= 11 is 1.35. The maximum Gasteiger partial charge on any atom is 0.338 e. The number of esters is 1. The average Bonchev–Trinajstić information content (AvgIpc) is 3.38.